The molecule has 2 aliphatic heterocycles. The fraction of sp³-hybridized carbons (Fsp3) is 0.923. The zero-order chi connectivity index (χ0) is 11.9. The van der Waals surface area contributed by atoms with Gasteiger partial charge in [0, 0.05) is 19.1 Å². The average Bonchev–Trinajstić information content (AvgIpc) is 2.72. The van der Waals surface area contributed by atoms with Gasteiger partial charge in [-0.05, 0) is 45.2 Å². The number of nitrogens with one attached hydrogen (secondary N) is 2. The monoisotopic (exact) mass is 239 g/mol. The highest BCUT2D eigenvalue weighted by Crippen LogP contribution is 2.11. The molecule has 2 fully saturated rings. The summed E-state index contributed by atoms with van der Waals surface area (Å²) in [6.07, 6.45) is 8.24. The van der Waals surface area contributed by atoms with E-state index in [-0.39, 0.29) is 6.03 Å². The lowest BCUT2D eigenvalue weighted by atomic mass is 10.1. The largest absolute Gasteiger partial charge is 0.335 e. The lowest BCUT2D eigenvalue weighted by Gasteiger charge is -2.24. The number of nitrogens with zero attached hydrogens (tertiary/aromatic N) is 1. The first-order valence-corrected chi connectivity index (χ1v) is 7.12. The summed E-state index contributed by atoms with van der Waals surface area (Å²) >= 11 is 0. The molecule has 1 unspecified atom stereocenters. The fourth-order valence-electron chi connectivity index (χ4n) is 2.70. The number of carbonyl (C=O) groups is 1. The van der Waals surface area contributed by atoms with Crippen molar-refractivity contribution < 1.29 is 4.79 Å². The van der Waals surface area contributed by atoms with Gasteiger partial charge < -0.3 is 15.5 Å². The van der Waals surface area contributed by atoms with Gasteiger partial charge >= 0.3 is 6.03 Å². The smallest absolute Gasteiger partial charge is 0.317 e. The molecule has 98 valence electrons. The summed E-state index contributed by atoms with van der Waals surface area (Å²) in [5, 5.41) is 6.58. The molecular formula is C13H25N3O. The van der Waals surface area contributed by atoms with E-state index in [2.05, 4.69) is 10.6 Å². The fourth-order valence-corrected chi connectivity index (χ4v) is 2.70. The predicted octanol–water partition coefficient (Wildman–Crippen LogP) is 1.71. The van der Waals surface area contributed by atoms with Gasteiger partial charge in [-0.3, -0.25) is 0 Å². The van der Waals surface area contributed by atoms with Crippen LogP contribution in [0, 0.1) is 0 Å². The molecule has 0 aromatic rings. The molecule has 2 saturated heterocycles. The standard InChI is InChI=1S/C13H25N3O/c17-13(16-10-3-1-2-4-11-16)15-12-6-5-8-14-9-7-12/h12,14H,1-11H2,(H,15,17). The first-order chi connectivity index (χ1) is 8.36. The van der Waals surface area contributed by atoms with Crippen LogP contribution in [0.15, 0.2) is 0 Å². The van der Waals surface area contributed by atoms with E-state index >= 15 is 0 Å². The molecular weight excluding hydrogens is 214 g/mol. The number of rotatable bonds is 1. The SMILES string of the molecule is O=C(NC1CCCNCC1)N1CCCCCC1. The highest BCUT2D eigenvalue weighted by molar-refractivity contribution is 5.74. The van der Waals surface area contributed by atoms with Crippen molar-refractivity contribution in [1.29, 1.82) is 0 Å². The minimum Gasteiger partial charge on any atom is -0.335 e. The Bertz CT molecular complexity index is 229. The average molecular weight is 239 g/mol. The third kappa shape index (κ3) is 4.19. The molecule has 0 radical (unpaired) electrons. The summed E-state index contributed by atoms with van der Waals surface area (Å²) in [4.78, 5) is 14.1. The number of urea groups is 1. The quantitative estimate of drug-likeness (QED) is 0.731. The van der Waals surface area contributed by atoms with Crippen LogP contribution in [-0.2, 0) is 0 Å². The summed E-state index contributed by atoms with van der Waals surface area (Å²) in [7, 11) is 0. The Morgan fingerprint density at radius 2 is 1.76 bits per heavy atom. The van der Waals surface area contributed by atoms with Gasteiger partial charge in [0.2, 0.25) is 0 Å². The molecule has 2 amide bonds. The van der Waals surface area contributed by atoms with Crippen molar-refractivity contribution in [3.8, 4) is 0 Å². The lowest BCUT2D eigenvalue weighted by molar-refractivity contribution is 0.194. The number of carbonyl (C=O) groups excluding carboxylic acids is 1. The first-order valence-electron chi connectivity index (χ1n) is 7.12. The van der Waals surface area contributed by atoms with Crippen molar-refractivity contribution in [3.63, 3.8) is 0 Å². The van der Waals surface area contributed by atoms with Crippen LogP contribution in [0.25, 0.3) is 0 Å². The van der Waals surface area contributed by atoms with Crippen LogP contribution in [0.3, 0.4) is 0 Å². The molecule has 17 heavy (non-hydrogen) atoms. The van der Waals surface area contributed by atoms with Gasteiger partial charge in [-0.15, -0.1) is 0 Å². The molecule has 2 heterocycles. The molecule has 2 rings (SSSR count). The minimum atomic E-state index is 0.166. The summed E-state index contributed by atoms with van der Waals surface area (Å²) < 4.78 is 0. The van der Waals surface area contributed by atoms with E-state index in [1.165, 1.54) is 32.1 Å². The molecule has 4 nitrogen and oxygen atoms in total. The van der Waals surface area contributed by atoms with Crippen LogP contribution < -0.4 is 10.6 Å². The zero-order valence-corrected chi connectivity index (χ0v) is 10.7. The zero-order valence-electron chi connectivity index (χ0n) is 10.7. The first kappa shape index (κ1) is 12.7. The summed E-state index contributed by atoms with van der Waals surface area (Å²) in [5.41, 5.74) is 0. The lowest BCUT2D eigenvalue weighted by Crippen LogP contribution is -2.45. The van der Waals surface area contributed by atoms with Crippen LogP contribution in [0.5, 0.6) is 0 Å². The Morgan fingerprint density at radius 1 is 1.00 bits per heavy atom. The maximum absolute atomic E-state index is 12.1. The molecule has 2 N–H and O–H groups in total. The van der Waals surface area contributed by atoms with E-state index in [1.807, 2.05) is 4.90 Å². The Balaban J connectivity index is 1.77. The topological polar surface area (TPSA) is 44.4 Å². The predicted molar refractivity (Wildman–Crippen MR) is 69.1 cm³/mol. The number of hydrogen-bond acceptors (Lipinski definition) is 2. The van der Waals surface area contributed by atoms with Gasteiger partial charge in [0.25, 0.3) is 0 Å². The third-order valence-corrected chi connectivity index (χ3v) is 3.80. The second-order valence-corrected chi connectivity index (χ2v) is 5.23. The Morgan fingerprint density at radius 3 is 2.53 bits per heavy atom. The number of amides is 2. The molecule has 4 heteroatoms. The van der Waals surface area contributed by atoms with Crippen molar-refractivity contribution in [2.24, 2.45) is 0 Å². The van der Waals surface area contributed by atoms with Crippen molar-refractivity contribution in [1.82, 2.24) is 15.5 Å². The van der Waals surface area contributed by atoms with Gasteiger partial charge in [-0.1, -0.05) is 12.8 Å². The Hall–Kier alpha value is -0.770. The Kier molecular flexibility index (Phi) is 5.10. The van der Waals surface area contributed by atoms with Crippen LogP contribution >= 0.6 is 0 Å². The number of hydrogen-bond donors (Lipinski definition) is 2. The molecule has 0 bridgehead atoms. The van der Waals surface area contributed by atoms with Crippen molar-refractivity contribution in [2.45, 2.75) is 51.0 Å². The van der Waals surface area contributed by atoms with E-state index in [9.17, 15) is 4.79 Å². The molecule has 0 spiro atoms. The summed E-state index contributed by atoms with van der Waals surface area (Å²) in [5.74, 6) is 0. The van der Waals surface area contributed by atoms with Gasteiger partial charge in [0.1, 0.15) is 0 Å². The second kappa shape index (κ2) is 6.84. The molecule has 0 saturated carbocycles. The van der Waals surface area contributed by atoms with Crippen molar-refractivity contribution >= 4 is 6.03 Å². The highest BCUT2D eigenvalue weighted by atomic mass is 16.2. The molecule has 2 aliphatic rings. The Labute approximate surface area is 104 Å². The maximum Gasteiger partial charge on any atom is 0.317 e. The second-order valence-electron chi connectivity index (χ2n) is 5.23. The van der Waals surface area contributed by atoms with Crippen LogP contribution in [-0.4, -0.2) is 43.2 Å². The van der Waals surface area contributed by atoms with Crippen molar-refractivity contribution in [2.75, 3.05) is 26.2 Å². The van der Waals surface area contributed by atoms with Crippen LogP contribution in [0.2, 0.25) is 0 Å². The molecule has 0 aromatic heterocycles. The van der Waals surface area contributed by atoms with Gasteiger partial charge in [0.15, 0.2) is 0 Å². The van der Waals surface area contributed by atoms with Crippen LogP contribution in [0.4, 0.5) is 4.79 Å². The van der Waals surface area contributed by atoms with E-state index < -0.39 is 0 Å². The molecule has 0 aromatic carbocycles. The summed E-state index contributed by atoms with van der Waals surface area (Å²) in [6, 6.07) is 0.541. The van der Waals surface area contributed by atoms with Gasteiger partial charge in [-0.2, -0.15) is 0 Å². The maximum atomic E-state index is 12.1. The normalized spacial score (nSPS) is 27.1. The van der Waals surface area contributed by atoms with E-state index in [1.54, 1.807) is 0 Å². The minimum absolute atomic E-state index is 0.166. The summed E-state index contributed by atoms with van der Waals surface area (Å²) in [6.45, 7) is 4.01. The molecule has 0 aliphatic carbocycles. The van der Waals surface area contributed by atoms with E-state index in [4.69, 9.17) is 0 Å². The number of likely N-dealkylation sites (tertiary alicyclic amines) is 1. The highest BCUT2D eigenvalue weighted by Gasteiger charge is 2.19. The van der Waals surface area contributed by atoms with Crippen LogP contribution in [0.1, 0.15) is 44.9 Å². The van der Waals surface area contributed by atoms with Crippen molar-refractivity contribution in [3.05, 3.63) is 0 Å². The third-order valence-electron chi connectivity index (χ3n) is 3.80. The van der Waals surface area contributed by atoms with Gasteiger partial charge in [-0.25, -0.2) is 4.79 Å². The van der Waals surface area contributed by atoms with Gasteiger partial charge in [0.05, 0.1) is 0 Å². The van der Waals surface area contributed by atoms with E-state index in [0.29, 0.717) is 6.04 Å². The molecule has 1 atom stereocenters. The van der Waals surface area contributed by atoms with E-state index in [0.717, 1.165) is 39.0 Å².